The van der Waals surface area contributed by atoms with Gasteiger partial charge in [-0.15, -0.1) is 10.2 Å². The van der Waals surface area contributed by atoms with Gasteiger partial charge in [-0.1, -0.05) is 33.1 Å². The highest BCUT2D eigenvalue weighted by molar-refractivity contribution is 9.08. The van der Waals surface area contributed by atoms with Crippen LogP contribution >= 0.6 is 15.9 Å². The van der Waals surface area contributed by atoms with Crippen molar-refractivity contribution in [2.45, 2.75) is 25.7 Å². The van der Waals surface area contributed by atoms with E-state index < -0.39 is 0 Å². The summed E-state index contributed by atoms with van der Waals surface area (Å²) in [4.78, 5) is 0. The third-order valence-electron chi connectivity index (χ3n) is 2.95. The molecule has 0 bridgehead atoms. The van der Waals surface area contributed by atoms with E-state index in [2.05, 4.69) is 62.7 Å². The highest BCUT2D eigenvalue weighted by atomic mass is 79.9. The molecule has 0 N–H and O–H groups in total. The summed E-state index contributed by atoms with van der Waals surface area (Å²) in [7, 11) is 1.70. The highest BCUT2D eigenvalue weighted by Crippen LogP contribution is 2.22. The molecule has 2 rings (SSSR count). The van der Waals surface area contributed by atoms with Crippen molar-refractivity contribution in [1.82, 2.24) is 14.8 Å². The summed E-state index contributed by atoms with van der Waals surface area (Å²) in [6.45, 7) is 5.60. The minimum atomic E-state index is 0.649. The Labute approximate surface area is 121 Å². The van der Waals surface area contributed by atoms with Crippen molar-refractivity contribution in [2.75, 3.05) is 13.7 Å². The molecule has 0 aliphatic heterocycles. The molecular weight excluding hydrogens is 306 g/mol. The third-order valence-corrected chi connectivity index (χ3v) is 3.45. The smallest absolute Gasteiger partial charge is 0.164 e. The lowest BCUT2D eigenvalue weighted by molar-refractivity contribution is 0.187. The zero-order valence-corrected chi connectivity index (χ0v) is 13.1. The molecule has 0 aliphatic rings. The summed E-state index contributed by atoms with van der Waals surface area (Å²) >= 11 is 3.45. The Bertz CT molecular complexity index is 546. The van der Waals surface area contributed by atoms with E-state index >= 15 is 0 Å². The molecule has 102 valence electrons. The van der Waals surface area contributed by atoms with Crippen LogP contribution in [0.15, 0.2) is 18.2 Å². The zero-order valence-electron chi connectivity index (χ0n) is 11.5. The maximum Gasteiger partial charge on any atom is 0.164 e. The molecule has 1 aromatic carbocycles. The Hall–Kier alpha value is -1.20. The normalized spacial score (nSPS) is 10.9. The van der Waals surface area contributed by atoms with Crippen LogP contribution in [0.3, 0.4) is 0 Å². The monoisotopic (exact) mass is 323 g/mol. The number of hydrogen-bond donors (Lipinski definition) is 0. The van der Waals surface area contributed by atoms with E-state index in [4.69, 9.17) is 4.74 Å². The molecule has 0 fully saturated rings. The van der Waals surface area contributed by atoms with Gasteiger partial charge < -0.3 is 9.30 Å². The van der Waals surface area contributed by atoms with Crippen LogP contribution in [0, 0.1) is 13.8 Å². The summed E-state index contributed by atoms with van der Waals surface area (Å²) < 4.78 is 7.26. The lowest BCUT2D eigenvalue weighted by Gasteiger charge is -2.10. The van der Waals surface area contributed by atoms with Crippen molar-refractivity contribution in [3.63, 3.8) is 0 Å². The molecule has 0 radical (unpaired) electrons. The Morgan fingerprint density at radius 3 is 2.42 bits per heavy atom. The minimum Gasteiger partial charge on any atom is -0.383 e. The molecule has 0 aliphatic carbocycles. The lowest BCUT2D eigenvalue weighted by atomic mass is 10.1. The number of aryl methyl sites for hydroxylation is 2. The van der Waals surface area contributed by atoms with Gasteiger partial charge in [0.2, 0.25) is 0 Å². The summed E-state index contributed by atoms with van der Waals surface area (Å²) in [5, 5.41) is 9.24. The third kappa shape index (κ3) is 3.22. The van der Waals surface area contributed by atoms with Crippen molar-refractivity contribution in [2.24, 2.45) is 0 Å². The number of aromatic nitrogens is 3. The average Bonchev–Trinajstić information content (AvgIpc) is 2.77. The van der Waals surface area contributed by atoms with Crippen LogP contribution in [-0.4, -0.2) is 28.5 Å². The molecule has 1 aromatic heterocycles. The van der Waals surface area contributed by atoms with E-state index in [9.17, 15) is 0 Å². The second-order valence-electron chi connectivity index (χ2n) is 4.59. The van der Waals surface area contributed by atoms with Gasteiger partial charge in [0, 0.05) is 19.2 Å². The number of benzene rings is 1. The van der Waals surface area contributed by atoms with Gasteiger partial charge in [-0.25, -0.2) is 0 Å². The SMILES string of the molecule is COCCn1c(CBr)nnc1-c1cc(C)cc(C)c1. The van der Waals surface area contributed by atoms with E-state index in [1.54, 1.807) is 7.11 Å². The van der Waals surface area contributed by atoms with Crippen LogP contribution in [-0.2, 0) is 16.6 Å². The summed E-state index contributed by atoms with van der Waals surface area (Å²) in [6, 6.07) is 6.43. The topological polar surface area (TPSA) is 39.9 Å². The number of rotatable bonds is 5. The summed E-state index contributed by atoms with van der Waals surface area (Å²) in [5.74, 6) is 1.82. The van der Waals surface area contributed by atoms with Crippen molar-refractivity contribution in [3.8, 4) is 11.4 Å². The average molecular weight is 324 g/mol. The first-order chi connectivity index (χ1) is 9.15. The van der Waals surface area contributed by atoms with Gasteiger partial charge in [-0.3, -0.25) is 0 Å². The highest BCUT2D eigenvalue weighted by Gasteiger charge is 2.13. The van der Waals surface area contributed by atoms with Gasteiger partial charge in [0.15, 0.2) is 5.82 Å². The summed E-state index contributed by atoms with van der Waals surface area (Å²) in [5.41, 5.74) is 3.57. The molecule has 0 saturated carbocycles. The number of halogens is 1. The fraction of sp³-hybridized carbons (Fsp3) is 0.429. The molecule has 5 heteroatoms. The Morgan fingerprint density at radius 1 is 1.16 bits per heavy atom. The van der Waals surface area contributed by atoms with Crippen molar-refractivity contribution >= 4 is 15.9 Å². The van der Waals surface area contributed by atoms with E-state index in [1.165, 1.54) is 11.1 Å². The van der Waals surface area contributed by atoms with Crippen LogP contribution in [0.5, 0.6) is 0 Å². The second kappa shape index (κ2) is 6.30. The number of nitrogens with zero attached hydrogens (tertiary/aromatic N) is 3. The van der Waals surface area contributed by atoms with Crippen molar-refractivity contribution in [1.29, 1.82) is 0 Å². The van der Waals surface area contributed by atoms with Crippen LogP contribution in [0.25, 0.3) is 11.4 Å². The van der Waals surface area contributed by atoms with Crippen molar-refractivity contribution in [3.05, 3.63) is 35.2 Å². The Balaban J connectivity index is 2.45. The standard InChI is InChI=1S/C14H18BrN3O/c1-10-6-11(2)8-12(7-10)14-17-16-13(9-15)18(14)4-5-19-3/h6-8H,4-5,9H2,1-3H3. The van der Waals surface area contributed by atoms with Crippen LogP contribution < -0.4 is 0 Å². The first kappa shape index (κ1) is 14.2. The fourth-order valence-corrected chi connectivity index (χ4v) is 2.58. The Kier molecular flexibility index (Phi) is 4.71. The van der Waals surface area contributed by atoms with Gasteiger partial charge in [-0.05, 0) is 26.0 Å². The van der Waals surface area contributed by atoms with Gasteiger partial charge in [0.05, 0.1) is 11.9 Å². The maximum absolute atomic E-state index is 5.16. The number of hydrogen-bond acceptors (Lipinski definition) is 3. The minimum absolute atomic E-state index is 0.649. The predicted octanol–water partition coefficient (Wildman–Crippen LogP) is 3.10. The van der Waals surface area contributed by atoms with Gasteiger partial charge >= 0.3 is 0 Å². The van der Waals surface area contributed by atoms with Gasteiger partial charge in [0.25, 0.3) is 0 Å². The molecule has 0 atom stereocenters. The lowest BCUT2D eigenvalue weighted by Crippen LogP contribution is -2.09. The van der Waals surface area contributed by atoms with Crippen molar-refractivity contribution < 1.29 is 4.74 Å². The molecule has 1 heterocycles. The van der Waals surface area contributed by atoms with E-state index in [0.717, 1.165) is 23.8 Å². The first-order valence-electron chi connectivity index (χ1n) is 6.21. The predicted molar refractivity (Wildman–Crippen MR) is 79.4 cm³/mol. The second-order valence-corrected chi connectivity index (χ2v) is 5.16. The van der Waals surface area contributed by atoms with Gasteiger partial charge in [-0.2, -0.15) is 0 Å². The summed E-state index contributed by atoms with van der Waals surface area (Å²) in [6.07, 6.45) is 0. The van der Waals surface area contributed by atoms with Crippen LogP contribution in [0.4, 0.5) is 0 Å². The zero-order chi connectivity index (χ0) is 13.8. The maximum atomic E-state index is 5.16. The molecule has 4 nitrogen and oxygen atoms in total. The molecular formula is C14H18BrN3O. The van der Waals surface area contributed by atoms with Gasteiger partial charge in [0.1, 0.15) is 5.82 Å². The van der Waals surface area contributed by atoms with Crippen LogP contribution in [0.1, 0.15) is 17.0 Å². The molecule has 2 aromatic rings. The largest absolute Gasteiger partial charge is 0.383 e. The molecule has 19 heavy (non-hydrogen) atoms. The molecule has 0 spiro atoms. The van der Waals surface area contributed by atoms with E-state index in [0.29, 0.717) is 11.9 Å². The first-order valence-corrected chi connectivity index (χ1v) is 7.33. The van der Waals surface area contributed by atoms with E-state index in [-0.39, 0.29) is 0 Å². The van der Waals surface area contributed by atoms with E-state index in [1.807, 2.05) is 0 Å². The number of alkyl halides is 1. The number of methoxy groups -OCH3 is 1. The molecule has 0 amide bonds. The quantitative estimate of drug-likeness (QED) is 0.794. The number of ether oxygens (including phenoxy) is 1. The van der Waals surface area contributed by atoms with Crippen LogP contribution in [0.2, 0.25) is 0 Å². The molecule has 0 unspecified atom stereocenters. The Morgan fingerprint density at radius 2 is 1.84 bits per heavy atom. The fourth-order valence-electron chi connectivity index (χ4n) is 2.17. The molecule has 0 saturated heterocycles.